The minimum absolute atomic E-state index is 0.273. The van der Waals surface area contributed by atoms with Crippen molar-refractivity contribution in [2.45, 2.75) is 26.8 Å². The van der Waals surface area contributed by atoms with Gasteiger partial charge < -0.3 is 10.1 Å². The molecule has 0 saturated heterocycles. The summed E-state index contributed by atoms with van der Waals surface area (Å²) in [5.74, 6) is 1.11. The van der Waals surface area contributed by atoms with Crippen LogP contribution in [0.2, 0.25) is 0 Å². The number of benzene rings is 1. The summed E-state index contributed by atoms with van der Waals surface area (Å²) in [6, 6.07) is 13.1. The van der Waals surface area contributed by atoms with E-state index < -0.39 is 0 Å². The van der Waals surface area contributed by atoms with E-state index in [1.807, 2.05) is 51.1 Å². The molecule has 1 aromatic carbocycles. The van der Waals surface area contributed by atoms with Gasteiger partial charge in [-0.1, -0.05) is 35.9 Å². The van der Waals surface area contributed by atoms with Crippen LogP contribution in [0.15, 0.2) is 61.2 Å². The quantitative estimate of drug-likeness (QED) is 0.491. The second-order valence-corrected chi connectivity index (χ2v) is 7.28. The van der Waals surface area contributed by atoms with E-state index in [-0.39, 0.29) is 11.9 Å². The summed E-state index contributed by atoms with van der Waals surface area (Å²) in [5.41, 5.74) is 4.16. The molecule has 8 heteroatoms. The van der Waals surface area contributed by atoms with Crippen molar-refractivity contribution in [3.8, 4) is 22.9 Å². The van der Waals surface area contributed by atoms with Crippen molar-refractivity contribution in [1.29, 1.82) is 0 Å². The number of rotatable bonds is 6. The van der Waals surface area contributed by atoms with Crippen LogP contribution >= 0.6 is 0 Å². The fraction of sp³-hybridized carbons (Fsp3) is 0.174. The Kier molecular flexibility index (Phi) is 5.70. The topological polar surface area (TPSA) is 106 Å². The van der Waals surface area contributed by atoms with E-state index >= 15 is 0 Å². The van der Waals surface area contributed by atoms with Gasteiger partial charge in [-0.05, 0) is 38.0 Å². The lowest BCUT2D eigenvalue weighted by atomic mass is 10.0. The summed E-state index contributed by atoms with van der Waals surface area (Å²) in [5, 5.41) is 9.47. The van der Waals surface area contributed by atoms with Gasteiger partial charge in [0.1, 0.15) is 12.2 Å². The highest BCUT2D eigenvalue weighted by molar-refractivity contribution is 5.95. The van der Waals surface area contributed by atoms with Gasteiger partial charge in [0.25, 0.3) is 5.91 Å². The molecular weight excluding hydrogens is 392 g/mol. The Morgan fingerprint density at radius 2 is 1.77 bits per heavy atom. The van der Waals surface area contributed by atoms with E-state index in [1.54, 1.807) is 18.3 Å². The summed E-state index contributed by atoms with van der Waals surface area (Å²) in [7, 11) is 0. The molecule has 8 nitrogen and oxygen atoms in total. The number of aryl methyl sites for hydroxylation is 2. The minimum Gasteiger partial charge on any atom is -0.420 e. The molecule has 0 aliphatic carbocycles. The lowest BCUT2D eigenvalue weighted by Gasteiger charge is -2.14. The lowest BCUT2D eigenvalue weighted by Crippen LogP contribution is -2.27. The average Bonchev–Trinajstić information content (AvgIpc) is 3.31. The predicted octanol–water partition coefficient (Wildman–Crippen LogP) is 4.16. The first-order valence-electron chi connectivity index (χ1n) is 9.83. The Bertz CT molecular complexity index is 1170. The zero-order chi connectivity index (χ0) is 21.8. The molecular formula is C23H22N6O2. The van der Waals surface area contributed by atoms with Crippen LogP contribution in [-0.4, -0.2) is 31.1 Å². The second kappa shape index (κ2) is 8.74. The van der Waals surface area contributed by atoms with E-state index in [1.165, 1.54) is 12.5 Å². The largest absolute Gasteiger partial charge is 0.420 e. The molecule has 0 aliphatic rings. The van der Waals surface area contributed by atoms with Crippen LogP contribution in [0.1, 0.15) is 40.3 Å². The van der Waals surface area contributed by atoms with Crippen LogP contribution in [-0.2, 0) is 0 Å². The van der Waals surface area contributed by atoms with Gasteiger partial charge in [0, 0.05) is 24.0 Å². The lowest BCUT2D eigenvalue weighted by molar-refractivity contribution is 0.0938. The van der Waals surface area contributed by atoms with Gasteiger partial charge in [0.15, 0.2) is 0 Å². The number of amides is 1. The van der Waals surface area contributed by atoms with E-state index in [0.717, 1.165) is 16.7 Å². The van der Waals surface area contributed by atoms with Gasteiger partial charge in [-0.15, -0.1) is 0 Å². The molecule has 0 radical (unpaired) electrons. The number of hydrogen-bond donors (Lipinski definition) is 2. The van der Waals surface area contributed by atoms with Crippen molar-refractivity contribution in [3.63, 3.8) is 0 Å². The van der Waals surface area contributed by atoms with Crippen LogP contribution in [0, 0.1) is 13.8 Å². The maximum atomic E-state index is 12.8. The highest BCUT2D eigenvalue weighted by Crippen LogP contribution is 2.32. The van der Waals surface area contributed by atoms with Gasteiger partial charge in [-0.25, -0.2) is 15.0 Å². The number of carbonyl (C=O) groups is 1. The normalized spacial score (nSPS) is 11.7. The molecule has 1 amide bonds. The number of aromatic nitrogens is 5. The van der Waals surface area contributed by atoms with Crippen LogP contribution < -0.4 is 10.1 Å². The molecule has 0 bridgehead atoms. The van der Waals surface area contributed by atoms with E-state index in [9.17, 15) is 4.79 Å². The molecule has 0 unspecified atom stereocenters. The standard InChI is InChI=1S/C23H22N6O2/c1-14-4-7-17(8-5-14)19-10-18(22(30)28-16(3)21-26-13-27-29-21)12-25-23(19)31-20-9-6-15(2)11-24-20/h4-13,16H,1-3H3,(H,28,30)(H,26,27,29)/t16-/m0/s1. The summed E-state index contributed by atoms with van der Waals surface area (Å²) in [6.45, 7) is 5.80. The molecule has 156 valence electrons. The molecule has 4 aromatic rings. The number of aromatic amines is 1. The molecule has 0 saturated carbocycles. The number of ether oxygens (including phenoxy) is 1. The number of pyridine rings is 2. The number of nitrogens with zero attached hydrogens (tertiary/aromatic N) is 4. The number of hydrogen-bond acceptors (Lipinski definition) is 6. The van der Waals surface area contributed by atoms with E-state index in [0.29, 0.717) is 28.7 Å². The highest BCUT2D eigenvalue weighted by atomic mass is 16.5. The number of carbonyl (C=O) groups excluding carboxylic acids is 1. The average molecular weight is 414 g/mol. The van der Waals surface area contributed by atoms with Crippen molar-refractivity contribution in [2.75, 3.05) is 0 Å². The molecule has 3 aromatic heterocycles. The first-order chi connectivity index (χ1) is 15.0. The summed E-state index contributed by atoms with van der Waals surface area (Å²) < 4.78 is 5.95. The maximum Gasteiger partial charge on any atom is 0.253 e. The first-order valence-corrected chi connectivity index (χ1v) is 9.83. The third-order valence-electron chi connectivity index (χ3n) is 4.75. The monoisotopic (exact) mass is 414 g/mol. The van der Waals surface area contributed by atoms with Crippen LogP contribution in [0.5, 0.6) is 11.8 Å². The number of nitrogens with one attached hydrogen (secondary N) is 2. The van der Waals surface area contributed by atoms with Gasteiger partial charge in [0.2, 0.25) is 11.8 Å². The highest BCUT2D eigenvalue weighted by Gasteiger charge is 2.18. The maximum absolute atomic E-state index is 12.8. The summed E-state index contributed by atoms with van der Waals surface area (Å²) in [4.78, 5) is 25.6. The third kappa shape index (κ3) is 4.75. The fourth-order valence-corrected chi connectivity index (χ4v) is 2.98. The zero-order valence-electron chi connectivity index (χ0n) is 17.5. The van der Waals surface area contributed by atoms with Crippen molar-refractivity contribution >= 4 is 5.91 Å². The van der Waals surface area contributed by atoms with Crippen molar-refractivity contribution in [1.82, 2.24) is 30.5 Å². The number of H-pyrrole nitrogens is 1. The molecule has 3 heterocycles. The van der Waals surface area contributed by atoms with Gasteiger partial charge in [0.05, 0.1) is 11.6 Å². The fourth-order valence-electron chi connectivity index (χ4n) is 2.98. The Balaban J connectivity index is 1.66. The van der Waals surface area contributed by atoms with Crippen LogP contribution in [0.3, 0.4) is 0 Å². The Hall–Kier alpha value is -4.07. The molecule has 1 atom stereocenters. The van der Waals surface area contributed by atoms with Crippen molar-refractivity contribution in [3.05, 3.63) is 83.7 Å². The Labute approximate surface area is 179 Å². The summed E-state index contributed by atoms with van der Waals surface area (Å²) in [6.07, 6.45) is 4.62. The molecule has 0 aliphatic heterocycles. The third-order valence-corrected chi connectivity index (χ3v) is 4.75. The van der Waals surface area contributed by atoms with Gasteiger partial charge >= 0.3 is 0 Å². The molecule has 4 rings (SSSR count). The Morgan fingerprint density at radius 1 is 1.00 bits per heavy atom. The molecule has 0 fully saturated rings. The van der Waals surface area contributed by atoms with Crippen molar-refractivity contribution in [2.24, 2.45) is 0 Å². The van der Waals surface area contributed by atoms with E-state index in [4.69, 9.17) is 4.74 Å². The SMILES string of the molecule is Cc1ccc(-c2cc(C(=O)N[C@@H](C)c3ncn[nH]3)cnc2Oc2ccc(C)cn2)cc1. The van der Waals surface area contributed by atoms with Crippen molar-refractivity contribution < 1.29 is 9.53 Å². The van der Waals surface area contributed by atoms with Crippen LogP contribution in [0.25, 0.3) is 11.1 Å². The molecule has 0 spiro atoms. The van der Waals surface area contributed by atoms with E-state index in [2.05, 4.69) is 30.5 Å². The summed E-state index contributed by atoms with van der Waals surface area (Å²) >= 11 is 0. The smallest absolute Gasteiger partial charge is 0.253 e. The zero-order valence-corrected chi connectivity index (χ0v) is 17.5. The minimum atomic E-state index is -0.328. The second-order valence-electron chi connectivity index (χ2n) is 7.28. The van der Waals surface area contributed by atoms with Gasteiger partial charge in [-0.3, -0.25) is 9.89 Å². The Morgan fingerprint density at radius 3 is 2.45 bits per heavy atom. The van der Waals surface area contributed by atoms with Gasteiger partial charge in [-0.2, -0.15) is 5.10 Å². The molecule has 31 heavy (non-hydrogen) atoms. The van der Waals surface area contributed by atoms with Crippen LogP contribution in [0.4, 0.5) is 0 Å². The first kappa shape index (κ1) is 20.2. The predicted molar refractivity (Wildman–Crippen MR) is 116 cm³/mol. The molecule has 2 N–H and O–H groups in total.